The molecule has 2 nitrogen and oxygen atoms in total. The maximum Gasteiger partial charge on any atom is 0.193 e. The molecule has 0 saturated heterocycles. The number of furan rings is 1. The summed E-state index contributed by atoms with van der Waals surface area (Å²) in [6.45, 7) is 0. The fourth-order valence-electron chi connectivity index (χ4n) is 1.26. The van der Waals surface area contributed by atoms with E-state index in [1.165, 1.54) is 0 Å². The largest absolute Gasteiger partial charge is 0.447 e. The van der Waals surface area contributed by atoms with Gasteiger partial charge in [-0.1, -0.05) is 0 Å². The number of aliphatic hydroxyl groups excluding tert-OH is 1. The molecular weight excluding hydrogens is 300 g/mol. The zero-order chi connectivity index (χ0) is 10.8. The average molecular weight is 308 g/mol. The molecule has 0 aliphatic heterocycles. The van der Waals surface area contributed by atoms with E-state index in [0.29, 0.717) is 17.4 Å². The lowest BCUT2D eigenvalue weighted by Crippen LogP contribution is -1.98. The summed E-state index contributed by atoms with van der Waals surface area (Å²) >= 11 is 10.6. The van der Waals surface area contributed by atoms with Crippen molar-refractivity contribution in [1.29, 1.82) is 0 Å². The van der Waals surface area contributed by atoms with Crippen LogP contribution >= 0.6 is 38.9 Å². The molecule has 1 unspecified atom stereocenters. The predicted octanol–water partition coefficient (Wildman–Crippen LogP) is 4.03. The van der Waals surface area contributed by atoms with Crippen molar-refractivity contribution < 1.29 is 9.52 Å². The maximum atomic E-state index is 9.84. The van der Waals surface area contributed by atoms with E-state index >= 15 is 0 Å². The molecule has 5 heteroatoms. The first-order valence-electron chi connectivity index (χ1n) is 4.31. The van der Waals surface area contributed by atoms with Crippen LogP contribution in [0.3, 0.4) is 0 Å². The Bertz CT molecular complexity index is 452. The number of hydrogen-bond donors (Lipinski definition) is 1. The highest BCUT2D eigenvalue weighted by Gasteiger charge is 2.13. The molecule has 0 amide bonds. The molecule has 1 atom stereocenters. The Morgan fingerprint density at radius 2 is 2.33 bits per heavy atom. The SMILES string of the molecule is OC(Cc1cc(Br)cs1)c1ccc(Cl)o1. The molecule has 0 radical (unpaired) electrons. The number of thiophene rings is 1. The number of rotatable bonds is 3. The minimum atomic E-state index is -0.636. The van der Waals surface area contributed by atoms with Crippen LogP contribution in [0.1, 0.15) is 16.7 Å². The second kappa shape index (κ2) is 4.70. The highest BCUT2D eigenvalue weighted by atomic mass is 79.9. The van der Waals surface area contributed by atoms with Crippen molar-refractivity contribution in [2.24, 2.45) is 0 Å². The molecule has 0 aliphatic rings. The molecule has 2 heterocycles. The Hall–Kier alpha value is -0.290. The molecule has 0 aromatic carbocycles. The van der Waals surface area contributed by atoms with Crippen LogP contribution in [0.5, 0.6) is 0 Å². The van der Waals surface area contributed by atoms with Crippen LogP contribution in [0, 0.1) is 0 Å². The number of halogens is 2. The Morgan fingerprint density at radius 1 is 1.53 bits per heavy atom. The van der Waals surface area contributed by atoms with Gasteiger partial charge in [-0.3, -0.25) is 0 Å². The molecule has 80 valence electrons. The molecule has 0 bridgehead atoms. The highest BCUT2D eigenvalue weighted by molar-refractivity contribution is 9.10. The van der Waals surface area contributed by atoms with E-state index in [2.05, 4.69) is 15.9 Å². The van der Waals surface area contributed by atoms with Crippen LogP contribution in [0.15, 0.2) is 32.5 Å². The third-order valence-corrected chi connectivity index (χ3v) is 3.86. The summed E-state index contributed by atoms with van der Waals surface area (Å²) in [6.07, 6.45) is -0.0943. The van der Waals surface area contributed by atoms with Crippen molar-refractivity contribution in [1.82, 2.24) is 0 Å². The van der Waals surface area contributed by atoms with Crippen molar-refractivity contribution >= 4 is 38.9 Å². The van der Waals surface area contributed by atoms with Gasteiger partial charge in [-0.05, 0) is 45.7 Å². The zero-order valence-corrected chi connectivity index (χ0v) is 10.8. The lowest BCUT2D eigenvalue weighted by atomic mass is 10.2. The van der Waals surface area contributed by atoms with E-state index in [0.717, 1.165) is 9.35 Å². The summed E-state index contributed by atoms with van der Waals surface area (Å²) in [5.74, 6) is 0.504. The Morgan fingerprint density at radius 3 is 2.87 bits per heavy atom. The van der Waals surface area contributed by atoms with Gasteiger partial charge in [-0.25, -0.2) is 0 Å². The van der Waals surface area contributed by atoms with E-state index in [-0.39, 0.29) is 0 Å². The van der Waals surface area contributed by atoms with Gasteiger partial charge < -0.3 is 9.52 Å². The second-order valence-corrected chi connectivity index (χ2v) is 5.38. The summed E-state index contributed by atoms with van der Waals surface area (Å²) in [7, 11) is 0. The molecule has 1 N–H and O–H groups in total. The highest BCUT2D eigenvalue weighted by Crippen LogP contribution is 2.27. The van der Waals surface area contributed by atoms with Gasteiger partial charge in [-0.15, -0.1) is 11.3 Å². The third kappa shape index (κ3) is 2.84. The van der Waals surface area contributed by atoms with Crippen LogP contribution in [-0.4, -0.2) is 5.11 Å². The van der Waals surface area contributed by atoms with Crippen LogP contribution in [0.25, 0.3) is 0 Å². The van der Waals surface area contributed by atoms with E-state index in [1.807, 2.05) is 11.4 Å². The predicted molar refractivity (Wildman–Crippen MR) is 64.4 cm³/mol. The van der Waals surface area contributed by atoms with E-state index in [4.69, 9.17) is 16.0 Å². The summed E-state index contributed by atoms with van der Waals surface area (Å²) in [6, 6.07) is 5.30. The topological polar surface area (TPSA) is 33.4 Å². The van der Waals surface area contributed by atoms with Gasteiger partial charge in [0.25, 0.3) is 0 Å². The van der Waals surface area contributed by atoms with Crippen LogP contribution in [0.4, 0.5) is 0 Å². The Kier molecular flexibility index (Phi) is 3.51. The lowest BCUT2D eigenvalue weighted by molar-refractivity contribution is 0.151. The monoisotopic (exact) mass is 306 g/mol. The maximum absolute atomic E-state index is 9.84. The van der Waals surface area contributed by atoms with Crippen molar-refractivity contribution in [2.45, 2.75) is 12.5 Å². The molecule has 2 aromatic heterocycles. The van der Waals surface area contributed by atoms with Gasteiger partial charge in [0.1, 0.15) is 11.9 Å². The van der Waals surface area contributed by atoms with Gasteiger partial charge >= 0.3 is 0 Å². The van der Waals surface area contributed by atoms with Crippen molar-refractivity contribution in [3.8, 4) is 0 Å². The molecule has 15 heavy (non-hydrogen) atoms. The lowest BCUT2D eigenvalue weighted by Gasteiger charge is -2.04. The van der Waals surface area contributed by atoms with Gasteiger partial charge in [0.15, 0.2) is 5.22 Å². The van der Waals surface area contributed by atoms with Crippen LogP contribution in [-0.2, 0) is 6.42 Å². The van der Waals surface area contributed by atoms with E-state index in [1.54, 1.807) is 23.5 Å². The zero-order valence-electron chi connectivity index (χ0n) is 7.61. The summed E-state index contributed by atoms with van der Waals surface area (Å²) in [5, 5.41) is 12.1. The minimum absolute atomic E-state index is 0.302. The molecule has 0 aliphatic carbocycles. The van der Waals surface area contributed by atoms with E-state index in [9.17, 15) is 5.11 Å². The smallest absolute Gasteiger partial charge is 0.193 e. The number of aliphatic hydroxyl groups is 1. The van der Waals surface area contributed by atoms with Crippen LogP contribution in [0.2, 0.25) is 5.22 Å². The van der Waals surface area contributed by atoms with E-state index < -0.39 is 6.10 Å². The minimum Gasteiger partial charge on any atom is -0.447 e. The van der Waals surface area contributed by atoms with Crippen molar-refractivity contribution in [3.05, 3.63) is 43.9 Å². The van der Waals surface area contributed by atoms with Crippen LogP contribution < -0.4 is 0 Å². The Balaban J connectivity index is 2.06. The quantitative estimate of drug-likeness (QED) is 0.928. The molecule has 0 fully saturated rings. The molecular formula is C10H8BrClO2S. The average Bonchev–Trinajstić information content (AvgIpc) is 2.75. The fourth-order valence-corrected chi connectivity index (χ4v) is 2.90. The Labute approximate surface area is 105 Å². The summed E-state index contributed by atoms with van der Waals surface area (Å²) in [5.41, 5.74) is 0. The van der Waals surface area contributed by atoms with Gasteiger partial charge in [0.05, 0.1) is 0 Å². The molecule has 2 aromatic rings. The standard InChI is InChI=1S/C10H8BrClO2S/c11-6-3-7(15-5-6)4-8(13)9-1-2-10(12)14-9/h1-3,5,8,13H,4H2. The number of hydrogen-bond acceptors (Lipinski definition) is 3. The molecule has 0 saturated carbocycles. The summed E-state index contributed by atoms with van der Waals surface area (Å²) < 4.78 is 6.17. The third-order valence-electron chi connectivity index (χ3n) is 1.94. The van der Waals surface area contributed by atoms with Gasteiger partial charge in [0, 0.05) is 21.2 Å². The second-order valence-electron chi connectivity index (χ2n) is 3.09. The first kappa shape index (κ1) is 11.2. The van der Waals surface area contributed by atoms with Crippen molar-refractivity contribution in [3.63, 3.8) is 0 Å². The molecule has 2 rings (SSSR count). The normalized spacial score (nSPS) is 13.0. The first-order chi connectivity index (χ1) is 7.15. The fraction of sp³-hybridized carbons (Fsp3) is 0.200. The molecule has 0 spiro atoms. The van der Waals surface area contributed by atoms with Gasteiger partial charge in [0.2, 0.25) is 0 Å². The van der Waals surface area contributed by atoms with Gasteiger partial charge in [-0.2, -0.15) is 0 Å². The van der Waals surface area contributed by atoms with Crippen molar-refractivity contribution in [2.75, 3.05) is 0 Å². The summed E-state index contributed by atoms with van der Waals surface area (Å²) in [4.78, 5) is 1.10. The first-order valence-corrected chi connectivity index (χ1v) is 6.36.